The highest BCUT2D eigenvalue weighted by Gasteiger charge is 2.07. The lowest BCUT2D eigenvalue weighted by molar-refractivity contribution is 0.183. The summed E-state index contributed by atoms with van der Waals surface area (Å²) in [5, 5.41) is 0. The van der Waals surface area contributed by atoms with Crippen LogP contribution in [0.1, 0.15) is 0 Å². The molecule has 0 aromatic carbocycles. The molecular formula is C4H5NOS. The third kappa shape index (κ3) is 1.17. The van der Waals surface area contributed by atoms with Crippen molar-refractivity contribution >= 4 is 18.0 Å². The maximum Gasteiger partial charge on any atom is 0.196 e. The first-order valence-electron chi connectivity index (χ1n) is 1.89. The zero-order valence-electron chi connectivity index (χ0n) is 3.92. The lowest BCUT2D eigenvalue weighted by atomic mass is 10.9. The van der Waals surface area contributed by atoms with E-state index in [2.05, 4.69) is 10.7 Å². The van der Waals surface area contributed by atoms with Gasteiger partial charge in [0.1, 0.15) is 0 Å². The van der Waals surface area contributed by atoms with Crippen molar-refractivity contribution < 1.29 is 4.74 Å². The molecule has 1 aliphatic heterocycles. The Hall–Kier alpha value is -0.0200. The van der Waals surface area contributed by atoms with Crippen molar-refractivity contribution in [2.45, 2.75) is 5.56 Å². The Morgan fingerprint density at radius 3 is 3.14 bits per heavy atom. The summed E-state index contributed by atoms with van der Waals surface area (Å²) in [5.74, 6) is 2.82. The summed E-state index contributed by atoms with van der Waals surface area (Å²) in [5.41, 5.74) is -0.0278. The second kappa shape index (κ2) is 2.33. The van der Waals surface area contributed by atoms with Crippen molar-refractivity contribution in [3.05, 3.63) is 5.75 Å². The summed E-state index contributed by atoms with van der Waals surface area (Å²) in [6.45, 7) is 0. The predicted octanol–water partition coefficient (Wildman–Crippen LogP) is 0.773. The summed E-state index contributed by atoms with van der Waals surface area (Å²) in [6, 6.07) is 0. The van der Waals surface area contributed by atoms with Crippen LogP contribution < -0.4 is 0 Å². The van der Waals surface area contributed by atoms with Crippen LogP contribution in [0.2, 0.25) is 0 Å². The first kappa shape index (κ1) is 5.12. The van der Waals surface area contributed by atoms with Gasteiger partial charge in [0.25, 0.3) is 0 Å². The van der Waals surface area contributed by atoms with E-state index in [1.54, 1.807) is 13.3 Å². The lowest BCUT2D eigenvalue weighted by Gasteiger charge is -1.98. The number of methoxy groups -OCH3 is 1. The van der Waals surface area contributed by atoms with Gasteiger partial charge in [-0.05, 0) is 0 Å². The van der Waals surface area contributed by atoms with Crippen LogP contribution in [0, 0.1) is 5.75 Å². The molecule has 0 N–H and O–H groups in total. The molecular weight excluding hydrogens is 110 g/mol. The third-order valence-electron chi connectivity index (χ3n) is 0.619. The second-order valence-corrected chi connectivity index (χ2v) is 1.93. The van der Waals surface area contributed by atoms with Crippen molar-refractivity contribution in [3.63, 3.8) is 0 Å². The van der Waals surface area contributed by atoms with E-state index in [1.165, 1.54) is 11.8 Å². The monoisotopic (exact) mass is 115 g/mol. The SMILES string of the molecule is COC1N=C[C]S1. The normalized spacial score (nSPS) is 29.0. The van der Waals surface area contributed by atoms with Gasteiger partial charge >= 0.3 is 0 Å². The van der Waals surface area contributed by atoms with Gasteiger partial charge in [-0.2, -0.15) is 0 Å². The molecule has 1 unspecified atom stereocenters. The van der Waals surface area contributed by atoms with Crippen molar-refractivity contribution in [1.82, 2.24) is 0 Å². The van der Waals surface area contributed by atoms with Gasteiger partial charge in [0.05, 0.1) is 5.75 Å². The number of nitrogens with zero attached hydrogens (tertiary/aromatic N) is 1. The molecule has 1 rings (SSSR count). The van der Waals surface area contributed by atoms with Gasteiger partial charge in [0.15, 0.2) is 5.56 Å². The number of ether oxygens (including phenoxy) is 1. The molecule has 38 valence electrons. The minimum absolute atomic E-state index is 0.0278. The Balaban J connectivity index is 2.28. The summed E-state index contributed by atoms with van der Waals surface area (Å²) >= 11 is 1.45. The van der Waals surface area contributed by atoms with Crippen LogP contribution in [-0.4, -0.2) is 18.9 Å². The molecule has 1 aliphatic rings. The van der Waals surface area contributed by atoms with E-state index < -0.39 is 0 Å². The highest BCUT2D eigenvalue weighted by molar-refractivity contribution is 8.02. The first-order chi connectivity index (χ1) is 3.43. The molecule has 0 spiro atoms. The largest absolute Gasteiger partial charge is 0.351 e. The van der Waals surface area contributed by atoms with Crippen LogP contribution in [0.3, 0.4) is 0 Å². The van der Waals surface area contributed by atoms with Gasteiger partial charge < -0.3 is 4.74 Å². The second-order valence-electron chi connectivity index (χ2n) is 1.06. The van der Waals surface area contributed by atoms with Crippen LogP contribution in [0.4, 0.5) is 0 Å². The molecule has 0 bridgehead atoms. The molecule has 0 saturated carbocycles. The summed E-state index contributed by atoms with van der Waals surface area (Å²) < 4.78 is 4.81. The average Bonchev–Trinajstić information content (AvgIpc) is 2.14. The number of hydrogen-bond donors (Lipinski definition) is 0. The molecule has 0 fully saturated rings. The molecule has 1 heterocycles. The maximum atomic E-state index is 4.81. The van der Waals surface area contributed by atoms with Gasteiger partial charge in [-0.15, -0.1) is 0 Å². The molecule has 3 heteroatoms. The minimum atomic E-state index is -0.0278. The first-order valence-corrected chi connectivity index (χ1v) is 2.77. The summed E-state index contributed by atoms with van der Waals surface area (Å²) in [4.78, 5) is 3.86. The van der Waals surface area contributed by atoms with Gasteiger partial charge in [-0.3, -0.25) is 4.99 Å². The molecule has 2 nitrogen and oxygen atoms in total. The standard InChI is InChI=1S/C4H5NOS/c1-6-4-5-2-3-7-4/h2,4H,1H3. The van der Waals surface area contributed by atoms with Crippen LogP contribution in [-0.2, 0) is 4.74 Å². The van der Waals surface area contributed by atoms with Gasteiger partial charge in [-0.1, -0.05) is 11.8 Å². The minimum Gasteiger partial charge on any atom is -0.351 e. The molecule has 1 atom stereocenters. The van der Waals surface area contributed by atoms with Gasteiger partial charge in [0, 0.05) is 13.3 Å². The zero-order valence-corrected chi connectivity index (χ0v) is 4.73. The fourth-order valence-corrected chi connectivity index (χ4v) is 0.775. The Bertz CT molecular complexity index is 83.8. The van der Waals surface area contributed by atoms with Crippen LogP contribution in [0.15, 0.2) is 4.99 Å². The highest BCUT2D eigenvalue weighted by atomic mass is 32.2. The summed E-state index contributed by atoms with van der Waals surface area (Å²) in [7, 11) is 1.63. The van der Waals surface area contributed by atoms with Crippen LogP contribution >= 0.6 is 11.8 Å². The van der Waals surface area contributed by atoms with E-state index in [9.17, 15) is 0 Å². The van der Waals surface area contributed by atoms with E-state index in [0.717, 1.165) is 0 Å². The predicted molar refractivity (Wildman–Crippen MR) is 30.1 cm³/mol. The van der Waals surface area contributed by atoms with Crippen LogP contribution in [0.25, 0.3) is 0 Å². The molecule has 0 amide bonds. The lowest BCUT2D eigenvalue weighted by Crippen LogP contribution is -1.94. The van der Waals surface area contributed by atoms with E-state index in [1.807, 2.05) is 0 Å². The number of hydrogen-bond acceptors (Lipinski definition) is 3. The molecule has 0 aromatic rings. The molecule has 7 heavy (non-hydrogen) atoms. The fourth-order valence-electron chi connectivity index (χ4n) is 0.319. The highest BCUT2D eigenvalue weighted by Crippen LogP contribution is 2.19. The van der Waals surface area contributed by atoms with Gasteiger partial charge in [-0.25, -0.2) is 0 Å². The van der Waals surface area contributed by atoms with E-state index >= 15 is 0 Å². The Kier molecular flexibility index (Phi) is 1.70. The molecule has 0 saturated heterocycles. The number of thioether (sulfide) groups is 1. The van der Waals surface area contributed by atoms with E-state index in [-0.39, 0.29) is 5.56 Å². The van der Waals surface area contributed by atoms with E-state index in [4.69, 9.17) is 4.74 Å². The zero-order chi connectivity index (χ0) is 5.11. The number of rotatable bonds is 1. The van der Waals surface area contributed by atoms with Crippen molar-refractivity contribution in [2.75, 3.05) is 7.11 Å². The quantitative estimate of drug-likeness (QED) is 0.503. The van der Waals surface area contributed by atoms with Crippen molar-refractivity contribution in [2.24, 2.45) is 4.99 Å². The Morgan fingerprint density at radius 1 is 2.00 bits per heavy atom. The van der Waals surface area contributed by atoms with Crippen LogP contribution in [0.5, 0.6) is 0 Å². The molecule has 0 aliphatic carbocycles. The average molecular weight is 115 g/mol. The smallest absolute Gasteiger partial charge is 0.196 e. The maximum absolute atomic E-state index is 4.81. The Labute approximate surface area is 47.0 Å². The molecule has 2 radical (unpaired) electrons. The van der Waals surface area contributed by atoms with Crippen molar-refractivity contribution in [3.8, 4) is 0 Å². The number of aliphatic imine (C=N–C) groups is 1. The Morgan fingerprint density at radius 2 is 2.86 bits per heavy atom. The topological polar surface area (TPSA) is 21.6 Å². The van der Waals surface area contributed by atoms with Gasteiger partial charge in [0.2, 0.25) is 0 Å². The molecule has 0 aromatic heterocycles. The fraction of sp³-hybridized carbons (Fsp3) is 0.500. The van der Waals surface area contributed by atoms with E-state index in [0.29, 0.717) is 0 Å². The summed E-state index contributed by atoms with van der Waals surface area (Å²) in [6.07, 6.45) is 1.62. The van der Waals surface area contributed by atoms with Crippen molar-refractivity contribution in [1.29, 1.82) is 0 Å². The third-order valence-corrected chi connectivity index (χ3v) is 1.38.